The zero-order valence-corrected chi connectivity index (χ0v) is 13.0. The third kappa shape index (κ3) is 4.75. The van der Waals surface area contributed by atoms with E-state index in [-0.39, 0.29) is 5.60 Å². The molecule has 112 valence electrons. The third-order valence-electron chi connectivity index (χ3n) is 5.12. The van der Waals surface area contributed by atoms with Crippen LogP contribution in [0.25, 0.3) is 0 Å². The highest BCUT2D eigenvalue weighted by Crippen LogP contribution is 2.28. The molecule has 3 unspecified atom stereocenters. The maximum atomic E-state index is 6.47. The van der Waals surface area contributed by atoms with Crippen molar-refractivity contribution >= 4 is 0 Å². The van der Waals surface area contributed by atoms with E-state index < -0.39 is 0 Å². The van der Waals surface area contributed by atoms with Gasteiger partial charge in [0.05, 0.1) is 11.7 Å². The maximum Gasteiger partial charge on any atom is 0.0780 e. The molecule has 2 fully saturated rings. The summed E-state index contributed by atoms with van der Waals surface area (Å²) >= 11 is 0. The number of nitrogens with one attached hydrogen (secondary N) is 1. The van der Waals surface area contributed by atoms with Gasteiger partial charge in [-0.1, -0.05) is 58.3 Å². The molecule has 2 nitrogen and oxygen atoms in total. The summed E-state index contributed by atoms with van der Waals surface area (Å²) in [4.78, 5) is 0. The van der Waals surface area contributed by atoms with Crippen molar-refractivity contribution in [3.8, 4) is 0 Å². The maximum absolute atomic E-state index is 6.47. The van der Waals surface area contributed by atoms with Gasteiger partial charge in [-0.25, -0.2) is 0 Å². The zero-order chi connectivity index (χ0) is 13.6. The Balaban J connectivity index is 1.90. The van der Waals surface area contributed by atoms with Crippen molar-refractivity contribution in [2.24, 2.45) is 0 Å². The lowest BCUT2D eigenvalue weighted by Gasteiger charge is -2.44. The molecule has 1 saturated carbocycles. The molecule has 0 bridgehead atoms. The average molecular weight is 267 g/mol. The van der Waals surface area contributed by atoms with Crippen molar-refractivity contribution < 1.29 is 4.74 Å². The van der Waals surface area contributed by atoms with Crippen LogP contribution in [0.15, 0.2) is 0 Å². The smallest absolute Gasteiger partial charge is 0.0780 e. The molecule has 1 aliphatic carbocycles. The molecular weight excluding hydrogens is 234 g/mol. The van der Waals surface area contributed by atoms with Gasteiger partial charge in [0.15, 0.2) is 0 Å². The van der Waals surface area contributed by atoms with Gasteiger partial charge in [-0.3, -0.25) is 0 Å². The van der Waals surface area contributed by atoms with E-state index >= 15 is 0 Å². The Morgan fingerprint density at radius 1 is 0.947 bits per heavy atom. The van der Waals surface area contributed by atoms with Gasteiger partial charge < -0.3 is 10.1 Å². The highest BCUT2D eigenvalue weighted by molar-refractivity contribution is 4.90. The fourth-order valence-electron chi connectivity index (χ4n) is 3.49. The summed E-state index contributed by atoms with van der Waals surface area (Å²) in [6.07, 6.45) is 15.4. The Bertz CT molecular complexity index is 256. The minimum atomic E-state index is 0.0677. The Kier molecular flexibility index (Phi) is 6.15. The summed E-state index contributed by atoms with van der Waals surface area (Å²) in [5.74, 6) is 0. The summed E-state index contributed by atoms with van der Waals surface area (Å²) in [6.45, 7) is 5.55. The molecule has 19 heavy (non-hydrogen) atoms. The Morgan fingerprint density at radius 2 is 1.53 bits per heavy atom. The van der Waals surface area contributed by atoms with Gasteiger partial charge in [-0.05, 0) is 26.2 Å². The minimum Gasteiger partial charge on any atom is -0.369 e. The molecule has 0 aromatic heterocycles. The lowest BCUT2D eigenvalue weighted by molar-refractivity contribution is -0.131. The first kappa shape index (κ1) is 15.3. The largest absolute Gasteiger partial charge is 0.369 e. The molecule has 1 heterocycles. The fraction of sp³-hybridized carbons (Fsp3) is 1.00. The van der Waals surface area contributed by atoms with E-state index in [1.807, 2.05) is 0 Å². The second-order valence-corrected chi connectivity index (χ2v) is 6.85. The molecular formula is C17H33NO. The first-order valence-electron chi connectivity index (χ1n) is 8.65. The van der Waals surface area contributed by atoms with Crippen molar-refractivity contribution in [2.75, 3.05) is 6.54 Å². The predicted octanol–water partition coefficient (Wildman–Crippen LogP) is 4.43. The quantitative estimate of drug-likeness (QED) is 0.759. The van der Waals surface area contributed by atoms with Gasteiger partial charge in [0.25, 0.3) is 0 Å². The molecule has 2 rings (SSSR count). The molecule has 1 aliphatic heterocycles. The molecule has 1 saturated heterocycles. The van der Waals surface area contributed by atoms with Crippen LogP contribution in [0.1, 0.15) is 84.5 Å². The number of hydrogen-bond acceptors (Lipinski definition) is 2. The van der Waals surface area contributed by atoms with E-state index in [1.165, 1.54) is 64.2 Å². The van der Waals surface area contributed by atoms with E-state index in [4.69, 9.17) is 4.74 Å². The lowest BCUT2D eigenvalue weighted by Crippen LogP contribution is -2.57. The third-order valence-corrected chi connectivity index (χ3v) is 5.12. The van der Waals surface area contributed by atoms with Crippen LogP contribution in [-0.2, 0) is 4.74 Å². The lowest BCUT2D eigenvalue weighted by atomic mass is 9.91. The number of rotatable bonds is 1. The molecule has 0 amide bonds. The fourth-order valence-corrected chi connectivity index (χ4v) is 3.49. The average Bonchev–Trinajstić information content (AvgIpc) is 2.41. The highest BCUT2D eigenvalue weighted by Gasteiger charge is 2.36. The van der Waals surface area contributed by atoms with E-state index in [0.717, 1.165) is 13.0 Å². The number of morpholine rings is 1. The van der Waals surface area contributed by atoms with Gasteiger partial charge in [0.1, 0.15) is 0 Å². The van der Waals surface area contributed by atoms with E-state index in [0.29, 0.717) is 12.1 Å². The Labute approximate surface area is 119 Å². The molecule has 0 aromatic rings. The van der Waals surface area contributed by atoms with Crippen molar-refractivity contribution in [3.05, 3.63) is 0 Å². The van der Waals surface area contributed by atoms with Gasteiger partial charge in [-0.2, -0.15) is 0 Å². The molecule has 0 radical (unpaired) electrons. The summed E-state index contributed by atoms with van der Waals surface area (Å²) in [6, 6.07) is 0.610. The summed E-state index contributed by atoms with van der Waals surface area (Å²) in [7, 11) is 0. The van der Waals surface area contributed by atoms with Crippen LogP contribution in [0, 0.1) is 0 Å². The van der Waals surface area contributed by atoms with Gasteiger partial charge in [0.2, 0.25) is 0 Å². The van der Waals surface area contributed by atoms with Crippen LogP contribution >= 0.6 is 0 Å². The van der Waals surface area contributed by atoms with Crippen LogP contribution in [0.2, 0.25) is 0 Å². The van der Waals surface area contributed by atoms with Crippen LogP contribution < -0.4 is 5.32 Å². The van der Waals surface area contributed by atoms with Crippen LogP contribution in [0.5, 0.6) is 0 Å². The number of hydrogen-bond donors (Lipinski definition) is 1. The van der Waals surface area contributed by atoms with Crippen molar-refractivity contribution in [2.45, 2.75) is 102 Å². The topological polar surface area (TPSA) is 21.3 Å². The summed E-state index contributed by atoms with van der Waals surface area (Å²) in [5.41, 5.74) is 0.0677. The summed E-state index contributed by atoms with van der Waals surface area (Å²) in [5, 5.41) is 3.79. The number of fused-ring (bicyclic) bond motifs is 1. The van der Waals surface area contributed by atoms with Crippen molar-refractivity contribution in [3.63, 3.8) is 0 Å². The first-order chi connectivity index (χ1) is 9.23. The second-order valence-electron chi connectivity index (χ2n) is 6.85. The van der Waals surface area contributed by atoms with Gasteiger partial charge >= 0.3 is 0 Å². The van der Waals surface area contributed by atoms with E-state index in [9.17, 15) is 0 Å². The Hall–Kier alpha value is -0.0800. The standard InChI is InChI=1S/C17H33NO/c1-3-17(2)14-18-15-12-10-8-6-4-5-7-9-11-13-16(15)19-17/h15-16,18H,3-14H2,1-2H3. The molecule has 2 heteroatoms. The van der Waals surface area contributed by atoms with E-state index in [2.05, 4.69) is 19.2 Å². The van der Waals surface area contributed by atoms with Crippen LogP contribution in [-0.4, -0.2) is 24.3 Å². The second kappa shape index (κ2) is 7.64. The van der Waals surface area contributed by atoms with Crippen LogP contribution in [0.4, 0.5) is 0 Å². The molecule has 1 N–H and O–H groups in total. The van der Waals surface area contributed by atoms with E-state index in [1.54, 1.807) is 0 Å². The SMILES string of the molecule is CCC1(C)CNC2CCCCCCCCCCC2O1. The molecule has 2 aliphatic rings. The monoisotopic (exact) mass is 267 g/mol. The summed E-state index contributed by atoms with van der Waals surface area (Å²) < 4.78 is 6.47. The normalized spacial score (nSPS) is 38.8. The predicted molar refractivity (Wildman–Crippen MR) is 81.5 cm³/mol. The van der Waals surface area contributed by atoms with Crippen molar-refractivity contribution in [1.29, 1.82) is 0 Å². The van der Waals surface area contributed by atoms with Gasteiger partial charge in [-0.15, -0.1) is 0 Å². The minimum absolute atomic E-state index is 0.0677. The number of ether oxygens (including phenoxy) is 1. The molecule has 0 aromatic carbocycles. The molecule has 3 atom stereocenters. The van der Waals surface area contributed by atoms with Crippen molar-refractivity contribution in [1.82, 2.24) is 5.32 Å². The zero-order valence-electron chi connectivity index (χ0n) is 13.0. The molecule has 0 spiro atoms. The van der Waals surface area contributed by atoms with Gasteiger partial charge in [0, 0.05) is 12.6 Å². The Morgan fingerprint density at radius 3 is 2.16 bits per heavy atom. The highest BCUT2D eigenvalue weighted by atomic mass is 16.5. The first-order valence-corrected chi connectivity index (χ1v) is 8.65. The van der Waals surface area contributed by atoms with Crippen LogP contribution in [0.3, 0.4) is 0 Å².